The number of thiophene rings is 1. The maximum absolute atomic E-state index is 13.1. The lowest BCUT2D eigenvalue weighted by molar-refractivity contribution is -0.0868. The molecular weight excluding hydrogens is 288 g/mol. The molecule has 0 aliphatic rings. The zero-order valence-corrected chi connectivity index (χ0v) is 11.3. The number of hydrogen-bond acceptors (Lipinski definition) is 0. The summed E-state index contributed by atoms with van der Waals surface area (Å²) in [6.45, 7) is 3.44. The van der Waals surface area contributed by atoms with Crippen molar-refractivity contribution in [2.24, 2.45) is 0 Å². The van der Waals surface area contributed by atoms with Crippen molar-refractivity contribution < 1.29 is 17.6 Å². The number of fused-ring (bicyclic) bond motifs is 1. The van der Waals surface area contributed by atoms with Gasteiger partial charge in [0.15, 0.2) is 9.58 Å². The molecule has 0 spiro atoms. The van der Waals surface area contributed by atoms with Gasteiger partial charge in [-0.3, -0.25) is 0 Å². The molecule has 18 heavy (non-hydrogen) atoms. The number of alkyl halides is 3. The summed E-state index contributed by atoms with van der Waals surface area (Å²) in [5.74, 6) is -0.820. The molecule has 100 valence electrons. The van der Waals surface area contributed by atoms with Crippen molar-refractivity contribution in [3.05, 3.63) is 35.0 Å². The molecular formula is C12H12ClF4S+. The molecule has 0 radical (unpaired) electrons. The summed E-state index contributed by atoms with van der Waals surface area (Å²) in [5, 5.41) is 0.482. The van der Waals surface area contributed by atoms with E-state index in [1.54, 1.807) is 13.8 Å². The molecule has 1 aromatic heterocycles. The fourth-order valence-corrected chi connectivity index (χ4v) is 3.88. The highest BCUT2D eigenvalue weighted by atomic mass is 35.5. The van der Waals surface area contributed by atoms with E-state index in [1.165, 1.54) is 18.2 Å². The summed E-state index contributed by atoms with van der Waals surface area (Å²) in [6.07, 6.45) is 0. The molecule has 2 rings (SSSR count). The topological polar surface area (TPSA) is 0 Å². The van der Waals surface area contributed by atoms with Crippen LogP contribution in [0.2, 0.25) is 0 Å². The van der Waals surface area contributed by atoms with E-state index in [9.17, 15) is 17.6 Å². The first-order chi connectivity index (χ1) is 7.80. The second kappa shape index (κ2) is 5.05. The van der Waals surface area contributed by atoms with Gasteiger partial charge in [-0.15, -0.1) is 25.6 Å². The van der Waals surface area contributed by atoms with Crippen LogP contribution in [0.4, 0.5) is 17.6 Å². The van der Waals surface area contributed by atoms with E-state index in [4.69, 9.17) is 0 Å². The van der Waals surface area contributed by atoms with E-state index in [1.807, 2.05) is 0 Å². The predicted molar refractivity (Wildman–Crippen MR) is 69.0 cm³/mol. The molecule has 0 N–H and O–H groups in total. The Morgan fingerprint density at radius 1 is 1.11 bits per heavy atom. The first-order valence-electron chi connectivity index (χ1n) is 5.13. The molecule has 1 heterocycles. The Kier molecular flexibility index (Phi) is 4.28. The lowest BCUT2D eigenvalue weighted by Gasteiger charge is -2.02. The second-order valence-corrected chi connectivity index (χ2v) is 6.12. The van der Waals surface area contributed by atoms with Gasteiger partial charge >= 0.3 is 5.51 Å². The fourth-order valence-electron chi connectivity index (χ4n) is 1.80. The molecule has 1 unspecified atom stereocenters. The summed E-state index contributed by atoms with van der Waals surface area (Å²) >= 11 is 0. The summed E-state index contributed by atoms with van der Waals surface area (Å²) in [7, 11) is -1.98. The maximum atomic E-state index is 13.1. The van der Waals surface area contributed by atoms with Crippen LogP contribution in [0, 0.1) is 5.82 Å². The lowest BCUT2D eigenvalue weighted by atomic mass is 10.1. The molecule has 0 fully saturated rings. The highest BCUT2D eigenvalue weighted by Gasteiger charge is 2.48. The Morgan fingerprint density at radius 3 is 2.22 bits per heavy atom. The van der Waals surface area contributed by atoms with Gasteiger partial charge in [-0.1, -0.05) is 13.8 Å². The minimum Gasteiger partial charge on any atom is -0.207 e. The van der Waals surface area contributed by atoms with Crippen LogP contribution in [0.5, 0.6) is 0 Å². The summed E-state index contributed by atoms with van der Waals surface area (Å²) < 4.78 is 52.2. The molecule has 0 bridgehead atoms. The van der Waals surface area contributed by atoms with Crippen molar-refractivity contribution in [1.29, 1.82) is 0 Å². The Hall–Kier alpha value is -0.810. The van der Waals surface area contributed by atoms with Gasteiger partial charge in [-0.05, 0) is 12.1 Å². The summed E-state index contributed by atoms with van der Waals surface area (Å²) in [4.78, 5) is 0.332. The van der Waals surface area contributed by atoms with E-state index in [-0.39, 0.29) is 23.0 Å². The smallest absolute Gasteiger partial charge is 0.207 e. The monoisotopic (exact) mass is 299 g/mol. The minimum absolute atomic E-state index is 0. The molecule has 1 atom stereocenters. The molecule has 0 nitrogen and oxygen atoms in total. The van der Waals surface area contributed by atoms with Crippen LogP contribution >= 0.6 is 22.9 Å². The molecule has 0 aliphatic heterocycles. The minimum atomic E-state index is -4.34. The van der Waals surface area contributed by atoms with Gasteiger partial charge in [-0.2, -0.15) is 0 Å². The van der Waals surface area contributed by atoms with Crippen molar-refractivity contribution in [3.8, 4) is 0 Å². The molecule has 1 aromatic carbocycles. The van der Waals surface area contributed by atoms with Gasteiger partial charge in [-0.25, -0.2) is 4.39 Å². The normalized spacial score (nSPS) is 12.9. The third-order valence-electron chi connectivity index (χ3n) is 2.53. The zero-order valence-electron chi connectivity index (χ0n) is 9.72. The average Bonchev–Trinajstić information content (AvgIpc) is 2.55. The van der Waals surface area contributed by atoms with Crippen LogP contribution in [0.15, 0.2) is 24.3 Å². The van der Waals surface area contributed by atoms with Gasteiger partial charge in [0, 0.05) is 23.4 Å². The standard InChI is InChI=1S/C12H11F4S.ClH/c1-7(2)10-5-8-3-4-9(13)6-11(8)17(10)12(14,15)16;/h3-7H,1-2H3;1H/q+1;. The first kappa shape index (κ1) is 15.2. The highest BCUT2D eigenvalue weighted by molar-refractivity contribution is 7.38. The van der Waals surface area contributed by atoms with Gasteiger partial charge in [0.05, 0.1) is 10.5 Å². The van der Waals surface area contributed by atoms with Crippen molar-refractivity contribution >= 4 is 33.0 Å². The Balaban J connectivity index is 0.00000162. The Bertz CT molecular complexity index is 557. The van der Waals surface area contributed by atoms with Gasteiger partial charge in [0.2, 0.25) is 0 Å². The van der Waals surface area contributed by atoms with E-state index >= 15 is 0 Å². The molecule has 2 aromatic rings. The van der Waals surface area contributed by atoms with E-state index in [2.05, 4.69) is 0 Å². The first-order valence-corrected chi connectivity index (χ1v) is 6.35. The Morgan fingerprint density at radius 2 is 1.72 bits per heavy atom. The van der Waals surface area contributed by atoms with Crippen LogP contribution in [0.1, 0.15) is 24.6 Å². The van der Waals surface area contributed by atoms with Gasteiger partial charge in [0.1, 0.15) is 5.82 Å². The average molecular weight is 300 g/mol. The van der Waals surface area contributed by atoms with E-state index < -0.39 is 21.8 Å². The highest BCUT2D eigenvalue weighted by Crippen LogP contribution is 2.52. The SMILES string of the molecule is CC(C)c1cc2ccc(F)cc2[s+]1C(F)(F)F.Cl. The quantitative estimate of drug-likeness (QED) is 0.464. The van der Waals surface area contributed by atoms with Crippen LogP contribution in [0.3, 0.4) is 0 Å². The van der Waals surface area contributed by atoms with Gasteiger partial charge < -0.3 is 0 Å². The number of hydrogen-bond donors (Lipinski definition) is 0. The van der Waals surface area contributed by atoms with Gasteiger partial charge in [0.25, 0.3) is 0 Å². The van der Waals surface area contributed by atoms with Crippen LogP contribution in [-0.4, -0.2) is 0 Å². The van der Waals surface area contributed by atoms with E-state index in [0.717, 1.165) is 6.07 Å². The summed E-state index contributed by atoms with van der Waals surface area (Å²) in [5.41, 5.74) is -4.34. The summed E-state index contributed by atoms with van der Waals surface area (Å²) in [6, 6.07) is 5.14. The fraction of sp³-hybridized carbons (Fsp3) is 0.333. The van der Waals surface area contributed by atoms with Crippen LogP contribution in [-0.2, 0) is 5.51 Å². The van der Waals surface area contributed by atoms with Crippen molar-refractivity contribution in [3.63, 3.8) is 0 Å². The largest absolute Gasteiger partial charge is 0.600 e. The molecule has 0 amide bonds. The molecule has 0 aliphatic carbocycles. The van der Waals surface area contributed by atoms with E-state index in [0.29, 0.717) is 10.3 Å². The molecule has 6 heteroatoms. The third-order valence-corrected chi connectivity index (χ3v) is 4.85. The van der Waals surface area contributed by atoms with Crippen molar-refractivity contribution in [2.45, 2.75) is 25.3 Å². The predicted octanol–water partition coefficient (Wildman–Crippen LogP) is 5.75. The molecule has 0 saturated carbocycles. The number of rotatable bonds is 1. The lowest BCUT2D eigenvalue weighted by Crippen LogP contribution is -1.99. The van der Waals surface area contributed by atoms with Crippen molar-refractivity contribution in [1.82, 2.24) is 0 Å². The number of benzene rings is 1. The Labute approximate surface area is 111 Å². The zero-order chi connectivity index (χ0) is 12.8. The third kappa shape index (κ3) is 2.62. The maximum Gasteiger partial charge on any atom is 0.600 e. The number of halogens is 5. The molecule has 0 saturated heterocycles. The van der Waals surface area contributed by atoms with Crippen LogP contribution in [0.25, 0.3) is 10.1 Å². The van der Waals surface area contributed by atoms with Crippen molar-refractivity contribution in [2.75, 3.05) is 0 Å². The second-order valence-electron chi connectivity index (χ2n) is 4.14. The van der Waals surface area contributed by atoms with Crippen LogP contribution < -0.4 is 0 Å².